The highest BCUT2D eigenvalue weighted by atomic mass is 35.5. The molecule has 0 radical (unpaired) electrons. The molecule has 2 N–H and O–H groups in total. The summed E-state index contributed by atoms with van der Waals surface area (Å²) >= 11 is 12.0. The van der Waals surface area contributed by atoms with Gasteiger partial charge in [0.2, 0.25) is 10.0 Å². The molecule has 8 nitrogen and oxygen atoms in total. The predicted octanol–water partition coefficient (Wildman–Crippen LogP) is 5.47. The number of amides is 1. The third-order valence-corrected chi connectivity index (χ3v) is 8.98. The highest BCUT2D eigenvalue weighted by Gasteiger charge is 2.30. The number of thiocarbonyl (C=S) groups is 1. The number of para-hydroxylation sites is 1. The van der Waals surface area contributed by atoms with E-state index in [1.165, 1.54) is 4.31 Å². The molecule has 0 aromatic heterocycles. The van der Waals surface area contributed by atoms with Crippen LogP contribution >= 0.6 is 23.8 Å². The topological polar surface area (TPSA) is 91.0 Å². The van der Waals surface area contributed by atoms with Crippen LogP contribution in [0, 0.1) is 6.92 Å². The number of sulfonamides is 1. The number of unbranched alkanes of at least 4 members (excludes halogenated alkanes) is 1. The van der Waals surface area contributed by atoms with Crippen molar-refractivity contribution in [1.82, 2.24) is 9.62 Å². The van der Waals surface area contributed by atoms with Gasteiger partial charge in [-0.05, 0) is 74.1 Å². The van der Waals surface area contributed by atoms with Gasteiger partial charge in [0.1, 0.15) is 5.75 Å². The van der Waals surface area contributed by atoms with Crippen LogP contribution < -0.4 is 20.3 Å². The molecule has 40 heavy (non-hydrogen) atoms. The first-order valence-electron chi connectivity index (χ1n) is 13.1. The van der Waals surface area contributed by atoms with Gasteiger partial charge < -0.3 is 15.0 Å². The summed E-state index contributed by atoms with van der Waals surface area (Å²) in [4.78, 5) is 15.1. The zero-order chi connectivity index (χ0) is 28.7. The number of rotatable bonds is 9. The Hall–Kier alpha value is -3.18. The smallest absolute Gasteiger partial charge is 0.257 e. The van der Waals surface area contributed by atoms with Crippen molar-refractivity contribution in [3.63, 3.8) is 0 Å². The summed E-state index contributed by atoms with van der Waals surface area (Å²) in [6.07, 6.45) is 2.02. The van der Waals surface area contributed by atoms with E-state index in [2.05, 4.69) is 17.6 Å². The maximum atomic E-state index is 13.1. The van der Waals surface area contributed by atoms with Crippen molar-refractivity contribution >= 4 is 56.2 Å². The van der Waals surface area contributed by atoms with Gasteiger partial charge in [0, 0.05) is 31.7 Å². The summed E-state index contributed by atoms with van der Waals surface area (Å²) in [5.74, 6) is 0.358. The van der Waals surface area contributed by atoms with Crippen LogP contribution in [0.25, 0.3) is 0 Å². The van der Waals surface area contributed by atoms with Gasteiger partial charge in [0.25, 0.3) is 5.91 Å². The molecule has 4 rings (SSSR count). The van der Waals surface area contributed by atoms with E-state index in [0.717, 1.165) is 18.4 Å². The molecule has 1 heterocycles. The molecular weight excluding hydrogens is 568 g/mol. The number of carbonyl (C=O) groups excluding carboxylic acids is 1. The monoisotopic (exact) mass is 600 g/mol. The Bertz CT molecular complexity index is 1440. The number of halogens is 1. The van der Waals surface area contributed by atoms with E-state index in [9.17, 15) is 13.2 Å². The molecule has 1 saturated heterocycles. The van der Waals surface area contributed by atoms with E-state index in [4.69, 9.17) is 28.6 Å². The Kier molecular flexibility index (Phi) is 10.0. The highest BCUT2D eigenvalue weighted by Crippen LogP contribution is 2.35. The van der Waals surface area contributed by atoms with E-state index in [1.54, 1.807) is 60.7 Å². The minimum Gasteiger partial charge on any atom is -0.494 e. The van der Waals surface area contributed by atoms with Crippen LogP contribution in [0.1, 0.15) is 35.7 Å². The number of hydrogen-bond acceptors (Lipinski definition) is 6. The van der Waals surface area contributed by atoms with Crippen molar-refractivity contribution in [3.8, 4) is 5.75 Å². The van der Waals surface area contributed by atoms with Crippen LogP contribution in [0.4, 0.5) is 11.4 Å². The summed E-state index contributed by atoms with van der Waals surface area (Å²) < 4.78 is 33.4. The number of hydrogen-bond donors (Lipinski definition) is 2. The van der Waals surface area contributed by atoms with Crippen LogP contribution in [0.3, 0.4) is 0 Å². The molecule has 3 aromatic rings. The minimum atomic E-state index is -3.59. The van der Waals surface area contributed by atoms with Gasteiger partial charge in [-0.3, -0.25) is 10.1 Å². The summed E-state index contributed by atoms with van der Waals surface area (Å²) in [6.45, 7) is 6.14. The zero-order valence-electron chi connectivity index (χ0n) is 22.5. The average Bonchev–Trinajstić information content (AvgIpc) is 2.94. The first kappa shape index (κ1) is 29.8. The molecule has 1 aliphatic heterocycles. The second-order valence-corrected chi connectivity index (χ2v) is 12.2. The number of nitrogens with one attached hydrogen (secondary N) is 2. The van der Waals surface area contributed by atoms with E-state index in [-0.39, 0.29) is 15.9 Å². The van der Waals surface area contributed by atoms with E-state index < -0.39 is 10.0 Å². The fraction of sp³-hybridized carbons (Fsp3) is 0.310. The van der Waals surface area contributed by atoms with E-state index in [0.29, 0.717) is 60.5 Å². The highest BCUT2D eigenvalue weighted by molar-refractivity contribution is 7.89. The zero-order valence-corrected chi connectivity index (χ0v) is 24.9. The molecule has 1 amide bonds. The SMILES string of the molecule is CCCCOc1ccc(C(=O)NC(=S)Nc2cccc(Cl)c2N2CCN(S(=O)(=O)c3ccc(C)cc3)CC2)cc1. The molecule has 0 atom stereocenters. The largest absolute Gasteiger partial charge is 0.494 e. The Morgan fingerprint density at radius 2 is 1.68 bits per heavy atom. The van der Waals surface area contributed by atoms with Gasteiger partial charge >= 0.3 is 0 Å². The molecule has 0 unspecified atom stereocenters. The number of piperazine rings is 1. The lowest BCUT2D eigenvalue weighted by molar-refractivity contribution is 0.0977. The number of benzene rings is 3. The average molecular weight is 601 g/mol. The van der Waals surface area contributed by atoms with Gasteiger partial charge in [0.15, 0.2) is 5.11 Å². The molecule has 212 valence electrons. The number of nitrogens with zero attached hydrogens (tertiary/aromatic N) is 2. The summed E-state index contributed by atoms with van der Waals surface area (Å²) in [7, 11) is -3.59. The third-order valence-electron chi connectivity index (χ3n) is 6.56. The number of anilines is 2. The third kappa shape index (κ3) is 7.31. The Morgan fingerprint density at radius 1 is 1.00 bits per heavy atom. The van der Waals surface area contributed by atoms with Gasteiger partial charge in [-0.2, -0.15) is 4.31 Å². The quantitative estimate of drug-likeness (QED) is 0.249. The molecule has 1 aliphatic rings. The van der Waals surface area contributed by atoms with Gasteiger partial charge in [-0.25, -0.2) is 8.42 Å². The van der Waals surface area contributed by atoms with E-state index in [1.807, 2.05) is 17.9 Å². The summed E-state index contributed by atoms with van der Waals surface area (Å²) in [5, 5.41) is 6.41. The molecule has 0 aliphatic carbocycles. The fourth-order valence-corrected chi connectivity index (χ4v) is 6.23. The maximum absolute atomic E-state index is 13.1. The van der Waals surface area contributed by atoms with Crippen LogP contribution in [0.15, 0.2) is 71.6 Å². The van der Waals surface area contributed by atoms with Crippen LogP contribution in [-0.2, 0) is 10.0 Å². The Labute approximate surface area is 246 Å². The van der Waals surface area contributed by atoms with Crippen molar-refractivity contribution in [2.45, 2.75) is 31.6 Å². The minimum absolute atomic E-state index is 0.123. The van der Waals surface area contributed by atoms with Crippen molar-refractivity contribution in [3.05, 3.63) is 82.9 Å². The lowest BCUT2D eigenvalue weighted by Gasteiger charge is -2.36. The lowest BCUT2D eigenvalue weighted by atomic mass is 10.2. The second-order valence-electron chi connectivity index (χ2n) is 9.47. The molecule has 3 aromatic carbocycles. The number of aryl methyl sites for hydroxylation is 1. The van der Waals surface area contributed by atoms with Crippen molar-refractivity contribution in [2.75, 3.05) is 43.0 Å². The molecule has 0 saturated carbocycles. The Balaban J connectivity index is 1.38. The first-order chi connectivity index (χ1) is 19.2. The fourth-order valence-electron chi connectivity index (χ4n) is 4.31. The summed E-state index contributed by atoms with van der Waals surface area (Å²) in [6, 6.07) is 19.1. The standard InChI is InChI=1S/C29H33ClN4O4S2/c1-3-4-20-38-23-12-10-22(11-13-23)28(35)32-29(39)31-26-7-5-6-25(30)27(26)33-16-18-34(19-17-33)40(36,37)24-14-8-21(2)9-15-24/h5-15H,3-4,16-20H2,1-2H3,(H2,31,32,35,39). The van der Waals surface area contributed by atoms with Crippen LogP contribution in [-0.4, -0.2) is 56.5 Å². The molecule has 0 bridgehead atoms. The van der Waals surface area contributed by atoms with Gasteiger partial charge in [-0.15, -0.1) is 0 Å². The van der Waals surface area contributed by atoms with Crippen molar-refractivity contribution in [2.24, 2.45) is 0 Å². The number of ether oxygens (including phenoxy) is 1. The second kappa shape index (κ2) is 13.5. The maximum Gasteiger partial charge on any atom is 0.257 e. The van der Waals surface area contributed by atoms with E-state index >= 15 is 0 Å². The van der Waals surface area contributed by atoms with Crippen LogP contribution in [0.2, 0.25) is 5.02 Å². The Morgan fingerprint density at radius 3 is 2.33 bits per heavy atom. The van der Waals surface area contributed by atoms with Crippen molar-refractivity contribution in [1.29, 1.82) is 0 Å². The van der Waals surface area contributed by atoms with Crippen LogP contribution in [0.5, 0.6) is 5.75 Å². The molecule has 1 fully saturated rings. The molecule has 0 spiro atoms. The first-order valence-corrected chi connectivity index (χ1v) is 15.4. The number of carbonyl (C=O) groups is 1. The van der Waals surface area contributed by atoms with Gasteiger partial charge in [0.05, 0.1) is 27.9 Å². The lowest BCUT2D eigenvalue weighted by Crippen LogP contribution is -2.49. The summed E-state index contributed by atoms with van der Waals surface area (Å²) in [5.41, 5.74) is 2.76. The predicted molar refractivity (Wildman–Crippen MR) is 164 cm³/mol. The van der Waals surface area contributed by atoms with Gasteiger partial charge in [-0.1, -0.05) is 48.7 Å². The normalized spacial score (nSPS) is 14.0. The van der Waals surface area contributed by atoms with Crippen molar-refractivity contribution < 1.29 is 17.9 Å². The molecular formula is C29H33ClN4O4S2. The molecule has 11 heteroatoms.